The highest BCUT2D eigenvalue weighted by atomic mass is 32.2. The first kappa shape index (κ1) is 16.1. The maximum atomic E-state index is 12.0. The van der Waals surface area contributed by atoms with E-state index in [-0.39, 0.29) is 23.1 Å². The van der Waals surface area contributed by atoms with Gasteiger partial charge in [-0.2, -0.15) is 0 Å². The third kappa shape index (κ3) is 3.78. The second-order valence-corrected chi connectivity index (χ2v) is 7.56. The number of hydrogen-bond donors (Lipinski definition) is 2. The summed E-state index contributed by atoms with van der Waals surface area (Å²) < 4.78 is 0. The Hall–Kier alpha value is -1.74. The van der Waals surface area contributed by atoms with Crippen molar-refractivity contribution < 1.29 is 4.79 Å². The lowest BCUT2D eigenvalue weighted by Gasteiger charge is -2.03. The van der Waals surface area contributed by atoms with Crippen LogP contribution < -0.4 is 10.9 Å². The lowest BCUT2D eigenvalue weighted by molar-refractivity contribution is -0.113. The van der Waals surface area contributed by atoms with E-state index in [2.05, 4.69) is 25.5 Å². The molecule has 2 heterocycles. The van der Waals surface area contributed by atoms with E-state index in [0.29, 0.717) is 10.3 Å². The van der Waals surface area contributed by atoms with Crippen molar-refractivity contribution in [3.63, 3.8) is 0 Å². The second-order valence-electron chi connectivity index (χ2n) is 5.59. The van der Waals surface area contributed by atoms with Gasteiger partial charge in [0.15, 0.2) is 5.16 Å². The van der Waals surface area contributed by atoms with E-state index in [1.807, 2.05) is 13.8 Å². The molecule has 2 aromatic heterocycles. The fourth-order valence-electron chi connectivity index (χ4n) is 2.29. The summed E-state index contributed by atoms with van der Waals surface area (Å²) in [6.07, 6.45) is 2.59. The molecule has 2 aromatic rings. The van der Waals surface area contributed by atoms with E-state index in [1.165, 1.54) is 23.1 Å². The Morgan fingerprint density at radius 1 is 1.39 bits per heavy atom. The van der Waals surface area contributed by atoms with Gasteiger partial charge in [0.1, 0.15) is 5.01 Å². The van der Waals surface area contributed by atoms with Crippen molar-refractivity contribution in [1.82, 2.24) is 20.2 Å². The maximum Gasteiger partial charge on any atom is 0.254 e. The van der Waals surface area contributed by atoms with Crippen LogP contribution in [0.15, 0.2) is 9.95 Å². The highest BCUT2D eigenvalue weighted by Gasteiger charge is 2.18. The summed E-state index contributed by atoms with van der Waals surface area (Å²) >= 11 is 2.59. The van der Waals surface area contributed by atoms with Gasteiger partial charge in [0.25, 0.3) is 5.56 Å². The molecule has 0 spiro atoms. The first-order valence-corrected chi connectivity index (χ1v) is 9.21. The number of thioether (sulfide) groups is 1. The maximum absolute atomic E-state index is 12.0. The van der Waals surface area contributed by atoms with Gasteiger partial charge in [-0.1, -0.05) is 36.9 Å². The molecule has 0 saturated carbocycles. The molecule has 23 heavy (non-hydrogen) atoms. The van der Waals surface area contributed by atoms with E-state index in [4.69, 9.17) is 0 Å². The number of nitrogens with zero attached hydrogens (tertiary/aromatic N) is 3. The largest absolute Gasteiger partial charge is 0.301 e. The third-order valence-corrected chi connectivity index (χ3v) is 5.45. The molecule has 1 aliphatic carbocycles. The van der Waals surface area contributed by atoms with Crippen molar-refractivity contribution in [3.8, 4) is 0 Å². The number of aromatic nitrogens is 4. The topological polar surface area (TPSA) is 101 Å². The van der Waals surface area contributed by atoms with E-state index in [1.54, 1.807) is 0 Å². The minimum absolute atomic E-state index is 0.0823. The van der Waals surface area contributed by atoms with Gasteiger partial charge in [-0.05, 0) is 19.3 Å². The van der Waals surface area contributed by atoms with Crippen LogP contribution >= 0.6 is 23.1 Å². The van der Waals surface area contributed by atoms with Gasteiger partial charge in [0.05, 0.1) is 11.4 Å². The fraction of sp³-hybridized carbons (Fsp3) is 0.500. The molecular formula is C14H17N5O2S2. The molecule has 0 fully saturated rings. The van der Waals surface area contributed by atoms with Crippen molar-refractivity contribution in [2.75, 3.05) is 11.1 Å². The van der Waals surface area contributed by atoms with Gasteiger partial charge in [-0.15, -0.1) is 10.2 Å². The molecule has 7 nitrogen and oxygen atoms in total. The highest BCUT2D eigenvalue weighted by molar-refractivity contribution is 7.99. The number of amides is 1. The van der Waals surface area contributed by atoms with Gasteiger partial charge in [-0.25, -0.2) is 4.98 Å². The van der Waals surface area contributed by atoms with Gasteiger partial charge < -0.3 is 4.98 Å². The number of carbonyl (C=O) groups is 1. The van der Waals surface area contributed by atoms with Crippen LogP contribution in [-0.4, -0.2) is 31.8 Å². The molecule has 0 atom stereocenters. The van der Waals surface area contributed by atoms with Crippen LogP contribution in [0.2, 0.25) is 0 Å². The SMILES string of the molecule is CC(C)c1nnc(NC(=O)CSc2nc3c(c(=O)[nH]2)CCC3)s1. The summed E-state index contributed by atoms with van der Waals surface area (Å²) in [6.45, 7) is 4.05. The Balaban J connectivity index is 1.58. The normalized spacial score (nSPS) is 13.3. The Labute approximate surface area is 141 Å². The van der Waals surface area contributed by atoms with E-state index in [0.717, 1.165) is 35.5 Å². The average molecular weight is 351 g/mol. The van der Waals surface area contributed by atoms with Crippen LogP contribution in [0.25, 0.3) is 0 Å². The van der Waals surface area contributed by atoms with Gasteiger partial charge in [-0.3, -0.25) is 14.9 Å². The van der Waals surface area contributed by atoms with Crippen molar-refractivity contribution in [1.29, 1.82) is 0 Å². The van der Waals surface area contributed by atoms with E-state index in [9.17, 15) is 9.59 Å². The molecule has 0 saturated heterocycles. The number of nitrogens with one attached hydrogen (secondary N) is 2. The summed E-state index contributed by atoms with van der Waals surface area (Å²) in [6, 6.07) is 0. The van der Waals surface area contributed by atoms with Crippen LogP contribution in [0, 0.1) is 0 Å². The minimum atomic E-state index is -0.190. The minimum Gasteiger partial charge on any atom is -0.301 e. The number of anilines is 1. The van der Waals surface area contributed by atoms with Crippen molar-refractivity contribution in [2.45, 2.75) is 44.2 Å². The van der Waals surface area contributed by atoms with Crippen molar-refractivity contribution >= 4 is 34.1 Å². The van der Waals surface area contributed by atoms with Gasteiger partial charge in [0.2, 0.25) is 11.0 Å². The molecular weight excluding hydrogens is 334 g/mol. The summed E-state index contributed by atoms with van der Waals surface area (Å²) in [4.78, 5) is 31.0. The molecule has 0 bridgehead atoms. The third-order valence-electron chi connectivity index (χ3n) is 3.44. The lowest BCUT2D eigenvalue weighted by Crippen LogP contribution is -2.17. The average Bonchev–Trinajstić information content (AvgIpc) is 3.14. The Kier molecular flexibility index (Phi) is 4.76. The predicted octanol–water partition coefficient (Wildman–Crippen LogP) is 1.96. The number of fused-ring (bicyclic) bond motifs is 1. The predicted molar refractivity (Wildman–Crippen MR) is 90.2 cm³/mol. The monoisotopic (exact) mass is 351 g/mol. The van der Waals surface area contributed by atoms with Crippen LogP contribution in [-0.2, 0) is 17.6 Å². The summed E-state index contributed by atoms with van der Waals surface area (Å²) in [5.41, 5.74) is 1.57. The molecule has 9 heteroatoms. The molecule has 0 radical (unpaired) electrons. The summed E-state index contributed by atoms with van der Waals surface area (Å²) in [7, 11) is 0. The van der Waals surface area contributed by atoms with Crippen LogP contribution in [0.3, 0.4) is 0 Å². The van der Waals surface area contributed by atoms with E-state index >= 15 is 0 Å². The lowest BCUT2D eigenvalue weighted by atomic mass is 10.2. The first-order valence-electron chi connectivity index (χ1n) is 7.41. The zero-order valence-electron chi connectivity index (χ0n) is 12.9. The van der Waals surface area contributed by atoms with Crippen LogP contribution in [0.4, 0.5) is 5.13 Å². The quantitative estimate of drug-likeness (QED) is 0.631. The van der Waals surface area contributed by atoms with E-state index < -0.39 is 0 Å². The van der Waals surface area contributed by atoms with Gasteiger partial charge >= 0.3 is 0 Å². The van der Waals surface area contributed by atoms with Crippen LogP contribution in [0.1, 0.15) is 42.5 Å². The first-order chi connectivity index (χ1) is 11.0. The molecule has 122 valence electrons. The smallest absolute Gasteiger partial charge is 0.254 e. The molecule has 0 aliphatic heterocycles. The zero-order valence-corrected chi connectivity index (χ0v) is 14.5. The number of hydrogen-bond acceptors (Lipinski definition) is 7. The number of aromatic amines is 1. The number of H-pyrrole nitrogens is 1. The molecule has 0 unspecified atom stereocenters. The van der Waals surface area contributed by atoms with Crippen molar-refractivity contribution in [2.24, 2.45) is 0 Å². The van der Waals surface area contributed by atoms with Crippen LogP contribution in [0.5, 0.6) is 0 Å². The molecule has 1 amide bonds. The summed E-state index contributed by atoms with van der Waals surface area (Å²) in [5.74, 6) is 0.260. The molecule has 1 aliphatic rings. The van der Waals surface area contributed by atoms with Crippen molar-refractivity contribution in [3.05, 3.63) is 26.6 Å². The second kappa shape index (κ2) is 6.79. The number of rotatable bonds is 5. The summed E-state index contributed by atoms with van der Waals surface area (Å²) in [5, 5.41) is 12.6. The molecule has 0 aromatic carbocycles. The Morgan fingerprint density at radius 3 is 2.96 bits per heavy atom. The molecule has 2 N–H and O–H groups in total. The highest BCUT2D eigenvalue weighted by Crippen LogP contribution is 2.23. The Morgan fingerprint density at radius 2 is 2.22 bits per heavy atom. The zero-order chi connectivity index (χ0) is 16.4. The standard InChI is InChI=1S/C14H17N5O2S2/c1-7(2)12-18-19-14(23-12)16-10(20)6-22-13-15-9-5-3-4-8(9)11(21)17-13/h7H,3-6H2,1-2H3,(H,15,17,21)(H,16,19,20). The Bertz CT molecular complexity index is 784. The fourth-order valence-corrected chi connectivity index (χ4v) is 3.74. The number of carbonyl (C=O) groups excluding carboxylic acids is 1. The number of aryl methyl sites for hydroxylation is 1. The van der Waals surface area contributed by atoms with Gasteiger partial charge in [0, 0.05) is 11.5 Å². The molecule has 3 rings (SSSR count).